The normalized spacial score (nSPS) is 11.5. The Labute approximate surface area is 294 Å². The van der Waals surface area contributed by atoms with Crippen molar-refractivity contribution in [3.63, 3.8) is 0 Å². The number of benzene rings is 8. The largest absolute Gasteiger partial charge is 0.456 e. The van der Waals surface area contributed by atoms with Gasteiger partial charge < -0.3 is 4.42 Å². The van der Waals surface area contributed by atoms with Gasteiger partial charge in [0.15, 0.2) is 17.5 Å². The van der Waals surface area contributed by atoms with Crippen LogP contribution in [0.4, 0.5) is 0 Å². The van der Waals surface area contributed by atoms with Gasteiger partial charge in [0.1, 0.15) is 11.2 Å². The molecule has 0 aliphatic carbocycles. The van der Waals surface area contributed by atoms with Crippen LogP contribution in [0.1, 0.15) is 0 Å². The molecule has 0 radical (unpaired) electrons. The van der Waals surface area contributed by atoms with Crippen LogP contribution in [0.5, 0.6) is 0 Å². The van der Waals surface area contributed by atoms with E-state index in [1.165, 1.54) is 11.1 Å². The van der Waals surface area contributed by atoms with E-state index in [1.54, 1.807) is 0 Å². The lowest BCUT2D eigenvalue weighted by atomic mass is 9.96. The molecule has 0 saturated heterocycles. The van der Waals surface area contributed by atoms with Crippen LogP contribution in [0.15, 0.2) is 180 Å². The molecule has 0 aliphatic heterocycles. The summed E-state index contributed by atoms with van der Waals surface area (Å²) < 4.78 is 6.63. The molecule has 0 fully saturated rings. The third kappa shape index (κ3) is 5.13. The quantitative estimate of drug-likeness (QED) is 0.186. The molecule has 2 heterocycles. The van der Waals surface area contributed by atoms with E-state index in [1.807, 2.05) is 42.5 Å². The lowest BCUT2D eigenvalue weighted by molar-refractivity contribution is 0.669. The van der Waals surface area contributed by atoms with Gasteiger partial charge in [-0.15, -0.1) is 0 Å². The summed E-state index contributed by atoms with van der Waals surface area (Å²) in [5, 5.41) is 6.42. The molecule has 10 rings (SSSR count). The van der Waals surface area contributed by atoms with Gasteiger partial charge in [0.05, 0.1) is 0 Å². The van der Waals surface area contributed by atoms with Crippen molar-refractivity contribution in [1.82, 2.24) is 15.0 Å². The van der Waals surface area contributed by atoms with Gasteiger partial charge in [0.25, 0.3) is 0 Å². The zero-order chi connectivity index (χ0) is 33.7. The maximum atomic E-state index is 6.63. The minimum atomic E-state index is 0.606. The van der Waals surface area contributed by atoms with Crippen molar-refractivity contribution in [1.29, 1.82) is 0 Å². The van der Waals surface area contributed by atoms with Gasteiger partial charge in [-0.05, 0) is 74.1 Å². The van der Waals surface area contributed by atoms with E-state index in [0.29, 0.717) is 17.5 Å². The average molecular weight is 652 g/mol. The number of fused-ring (bicyclic) bond motifs is 5. The molecule has 0 aliphatic rings. The average Bonchev–Trinajstić information content (AvgIpc) is 3.57. The number of hydrogen-bond donors (Lipinski definition) is 0. The third-order valence-electron chi connectivity index (χ3n) is 9.69. The first-order valence-corrected chi connectivity index (χ1v) is 17.1. The molecule has 4 heteroatoms. The lowest BCUT2D eigenvalue weighted by Gasteiger charge is -2.12. The maximum Gasteiger partial charge on any atom is 0.165 e. The Balaban J connectivity index is 1.20. The first-order chi connectivity index (χ1) is 25.2. The molecule has 8 aromatic carbocycles. The van der Waals surface area contributed by atoms with Crippen molar-refractivity contribution in [2.24, 2.45) is 0 Å². The van der Waals surface area contributed by atoms with Crippen molar-refractivity contribution in [3.8, 4) is 56.4 Å². The Kier molecular flexibility index (Phi) is 6.78. The minimum absolute atomic E-state index is 0.606. The molecule has 0 atom stereocenters. The highest BCUT2D eigenvalue weighted by molar-refractivity contribution is 6.20. The molecule has 2 aromatic heterocycles. The highest BCUT2D eigenvalue weighted by Crippen LogP contribution is 2.42. The molecule has 0 amide bonds. The zero-order valence-corrected chi connectivity index (χ0v) is 27.5. The summed E-state index contributed by atoms with van der Waals surface area (Å²) in [5.41, 5.74) is 9.05. The fourth-order valence-corrected chi connectivity index (χ4v) is 7.17. The smallest absolute Gasteiger partial charge is 0.165 e. The molecular weight excluding hydrogens is 623 g/mol. The van der Waals surface area contributed by atoms with Crippen molar-refractivity contribution >= 4 is 43.5 Å². The van der Waals surface area contributed by atoms with Gasteiger partial charge in [-0.25, -0.2) is 15.0 Å². The fraction of sp³-hybridized carbons (Fsp3) is 0. The standard InChI is InChI=1S/C47H29N3O/c1-4-12-30(13-5-1)33-20-21-35-27-38(23-22-34(35)26-33)46-48-45(32-16-8-3-9-17-32)49-47(50-46)44-39-19-11-10-18-37(39)29-42-43(44)40-25-24-36(28-41(40)51-42)31-14-6-2-7-15-31/h1-29H. The number of rotatable bonds is 5. The summed E-state index contributed by atoms with van der Waals surface area (Å²) >= 11 is 0. The van der Waals surface area contributed by atoms with E-state index in [2.05, 4.69) is 133 Å². The van der Waals surface area contributed by atoms with Crippen molar-refractivity contribution in [2.45, 2.75) is 0 Å². The summed E-state index contributed by atoms with van der Waals surface area (Å²) in [7, 11) is 0. The van der Waals surface area contributed by atoms with Crippen LogP contribution in [0, 0.1) is 0 Å². The Morgan fingerprint density at radius 1 is 0.314 bits per heavy atom. The van der Waals surface area contributed by atoms with Crippen LogP contribution >= 0.6 is 0 Å². The predicted octanol–water partition coefficient (Wildman–Crippen LogP) is 12.4. The minimum Gasteiger partial charge on any atom is -0.456 e. The van der Waals surface area contributed by atoms with E-state index in [-0.39, 0.29) is 0 Å². The fourth-order valence-electron chi connectivity index (χ4n) is 7.17. The zero-order valence-electron chi connectivity index (χ0n) is 27.5. The third-order valence-corrected chi connectivity index (χ3v) is 9.69. The molecule has 0 saturated carbocycles. The molecule has 0 N–H and O–H groups in total. The lowest BCUT2D eigenvalue weighted by Crippen LogP contribution is -2.01. The van der Waals surface area contributed by atoms with Gasteiger partial charge in [-0.2, -0.15) is 0 Å². The molecule has 4 nitrogen and oxygen atoms in total. The first kappa shape index (κ1) is 29.0. The SMILES string of the molecule is c1ccc(-c2ccc3cc(-c4nc(-c5ccccc5)nc(-c5c6ccccc6cc6oc7cc(-c8ccccc8)ccc7c56)n4)ccc3c2)cc1. The van der Waals surface area contributed by atoms with Gasteiger partial charge in [-0.1, -0.05) is 146 Å². The predicted molar refractivity (Wildman–Crippen MR) is 209 cm³/mol. The Morgan fingerprint density at radius 3 is 1.55 bits per heavy atom. The monoisotopic (exact) mass is 651 g/mol. The number of hydrogen-bond acceptors (Lipinski definition) is 4. The van der Waals surface area contributed by atoms with Crippen molar-refractivity contribution < 1.29 is 4.42 Å². The molecule has 0 bridgehead atoms. The Hall–Kier alpha value is -6.91. The van der Waals surface area contributed by atoms with E-state index in [0.717, 1.165) is 71.3 Å². The number of nitrogens with zero attached hydrogens (tertiary/aromatic N) is 3. The second-order valence-electron chi connectivity index (χ2n) is 12.8. The first-order valence-electron chi connectivity index (χ1n) is 17.1. The molecular formula is C47H29N3O. The van der Waals surface area contributed by atoms with Crippen LogP contribution in [0.3, 0.4) is 0 Å². The van der Waals surface area contributed by atoms with E-state index >= 15 is 0 Å². The number of aromatic nitrogens is 3. The maximum absolute atomic E-state index is 6.63. The summed E-state index contributed by atoms with van der Waals surface area (Å²) in [5.74, 6) is 1.85. The van der Waals surface area contributed by atoms with Gasteiger partial charge in [0, 0.05) is 27.5 Å². The summed E-state index contributed by atoms with van der Waals surface area (Å²) in [4.78, 5) is 15.5. The van der Waals surface area contributed by atoms with Gasteiger partial charge >= 0.3 is 0 Å². The van der Waals surface area contributed by atoms with Gasteiger partial charge in [0.2, 0.25) is 0 Å². The molecule has 0 spiro atoms. The molecule has 10 aromatic rings. The number of furan rings is 1. The topological polar surface area (TPSA) is 51.8 Å². The van der Waals surface area contributed by atoms with E-state index < -0.39 is 0 Å². The highest BCUT2D eigenvalue weighted by atomic mass is 16.3. The summed E-state index contributed by atoms with van der Waals surface area (Å²) in [6.45, 7) is 0. The van der Waals surface area contributed by atoms with Crippen LogP contribution < -0.4 is 0 Å². The molecule has 51 heavy (non-hydrogen) atoms. The summed E-state index contributed by atoms with van der Waals surface area (Å²) in [6.07, 6.45) is 0. The van der Waals surface area contributed by atoms with Crippen LogP contribution in [-0.4, -0.2) is 15.0 Å². The second-order valence-corrected chi connectivity index (χ2v) is 12.8. The Morgan fingerprint density at radius 2 is 0.843 bits per heavy atom. The molecule has 238 valence electrons. The van der Waals surface area contributed by atoms with Gasteiger partial charge in [-0.3, -0.25) is 0 Å². The van der Waals surface area contributed by atoms with Crippen LogP contribution in [0.25, 0.3) is 99.9 Å². The van der Waals surface area contributed by atoms with Crippen molar-refractivity contribution in [3.05, 3.63) is 176 Å². The second kappa shape index (κ2) is 11.9. The van der Waals surface area contributed by atoms with E-state index in [9.17, 15) is 0 Å². The Bertz CT molecular complexity index is 2900. The van der Waals surface area contributed by atoms with Crippen molar-refractivity contribution in [2.75, 3.05) is 0 Å². The van der Waals surface area contributed by atoms with E-state index in [4.69, 9.17) is 19.4 Å². The van der Waals surface area contributed by atoms with Crippen LogP contribution in [-0.2, 0) is 0 Å². The van der Waals surface area contributed by atoms with Crippen LogP contribution in [0.2, 0.25) is 0 Å². The highest BCUT2D eigenvalue weighted by Gasteiger charge is 2.21. The molecule has 0 unspecified atom stereocenters. The summed E-state index contributed by atoms with van der Waals surface area (Å²) in [6, 6.07) is 61.0.